The minimum absolute atomic E-state index is 0.0745. The minimum Gasteiger partial charge on any atom is -0.355 e. The normalized spacial score (nSPS) is 10.4. The Morgan fingerprint density at radius 2 is 1.80 bits per heavy atom. The zero-order valence-corrected chi connectivity index (χ0v) is 12.6. The summed E-state index contributed by atoms with van der Waals surface area (Å²) < 4.78 is 0. The lowest BCUT2D eigenvalue weighted by atomic mass is 10.1. The third-order valence-electron chi connectivity index (χ3n) is 2.87. The van der Waals surface area contributed by atoms with Crippen molar-refractivity contribution in [3.05, 3.63) is 29.3 Å². The summed E-state index contributed by atoms with van der Waals surface area (Å²) in [4.78, 5) is 25.0. The highest BCUT2D eigenvalue weighted by molar-refractivity contribution is 5.93. The second kappa shape index (κ2) is 7.65. The molecule has 0 aliphatic heterocycles. The van der Waals surface area contributed by atoms with Crippen molar-refractivity contribution < 1.29 is 9.59 Å². The van der Waals surface area contributed by atoms with Crippen LogP contribution in [0, 0.1) is 13.8 Å². The Kier molecular flexibility index (Phi) is 6.18. The number of amides is 2. The van der Waals surface area contributed by atoms with Gasteiger partial charge in [0.15, 0.2) is 0 Å². The summed E-state index contributed by atoms with van der Waals surface area (Å²) in [5, 5.41) is 5.58. The second-order valence-corrected chi connectivity index (χ2v) is 4.99. The van der Waals surface area contributed by atoms with E-state index >= 15 is 0 Å². The van der Waals surface area contributed by atoms with Crippen LogP contribution in [0.5, 0.6) is 0 Å². The Labute approximate surface area is 120 Å². The van der Waals surface area contributed by atoms with Gasteiger partial charge in [-0.3, -0.25) is 14.5 Å². The third kappa shape index (κ3) is 5.40. The van der Waals surface area contributed by atoms with Crippen molar-refractivity contribution in [1.82, 2.24) is 10.2 Å². The van der Waals surface area contributed by atoms with E-state index in [9.17, 15) is 9.59 Å². The summed E-state index contributed by atoms with van der Waals surface area (Å²) >= 11 is 0. The molecular formula is C15H23N3O2. The predicted octanol–water partition coefficient (Wildman–Crippen LogP) is 1.31. The first-order valence-corrected chi connectivity index (χ1v) is 6.74. The molecular weight excluding hydrogens is 254 g/mol. The largest absolute Gasteiger partial charge is 0.355 e. The molecule has 20 heavy (non-hydrogen) atoms. The summed E-state index contributed by atoms with van der Waals surface area (Å²) in [6.45, 7) is 6.80. The predicted molar refractivity (Wildman–Crippen MR) is 80.7 cm³/mol. The molecule has 2 N–H and O–H groups in total. The van der Waals surface area contributed by atoms with E-state index < -0.39 is 0 Å². The smallest absolute Gasteiger partial charge is 0.238 e. The molecule has 0 bridgehead atoms. The average Bonchev–Trinajstić information content (AvgIpc) is 2.33. The fourth-order valence-electron chi connectivity index (χ4n) is 1.86. The van der Waals surface area contributed by atoms with Gasteiger partial charge in [0.1, 0.15) is 0 Å². The Balaban J connectivity index is 2.51. The molecule has 1 aromatic carbocycles. The first kappa shape index (κ1) is 16.2. The Morgan fingerprint density at radius 1 is 1.15 bits per heavy atom. The van der Waals surface area contributed by atoms with Gasteiger partial charge >= 0.3 is 0 Å². The van der Waals surface area contributed by atoms with Crippen LogP contribution < -0.4 is 10.6 Å². The van der Waals surface area contributed by atoms with E-state index in [-0.39, 0.29) is 24.9 Å². The van der Waals surface area contributed by atoms with E-state index in [2.05, 4.69) is 10.6 Å². The van der Waals surface area contributed by atoms with E-state index in [0.717, 1.165) is 16.8 Å². The molecule has 0 heterocycles. The van der Waals surface area contributed by atoms with Gasteiger partial charge in [-0.05, 0) is 45.0 Å². The van der Waals surface area contributed by atoms with Gasteiger partial charge in [-0.2, -0.15) is 0 Å². The van der Waals surface area contributed by atoms with Crippen molar-refractivity contribution in [1.29, 1.82) is 0 Å². The van der Waals surface area contributed by atoms with Gasteiger partial charge in [-0.25, -0.2) is 0 Å². The van der Waals surface area contributed by atoms with Crippen LogP contribution in [0.2, 0.25) is 0 Å². The van der Waals surface area contributed by atoms with Gasteiger partial charge in [0.2, 0.25) is 11.8 Å². The molecule has 0 aliphatic rings. The summed E-state index contributed by atoms with van der Waals surface area (Å²) in [6, 6.07) is 5.92. The van der Waals surface area contributed by atoms with Gasteiger partial charge in [-0.15, -0.1) is 0 Å². The average molecular weight is 277 g/mol. The van der Waals surface area contributed by atoms with Crippen molar-refractivity contribution >= 4 is 17.5 Å². The maximum absolute atomic E-state index is 11.9. The molecule has 0 saturated heterocycles. The zero-order valence-electron chi connectivity index (χ0n) is 12.6. The molecule has 0 spiro atoms. The van der Waals surface area contributed by atoms with Crippen LogP contribution in [-0.2, 0) is 9.59 Å². The minimum atomic E-state index is -0.120. The van der Waals surface area contributed by atoms with Crippen LogP contribution in [0.1, 0.15) is 18.1 Å². The zero-order chi connectivity index (χ0) is 15.1. The lowest BCUT2D eigenvalue weighted by Crippen LogP contribution is -2.38. The number of carbonyl (C=O) groups is 2. The number of rotatable bonds is 6. The maximum Gasteiger partial charge on any atom is 0.238 e. The Bertz CT molecular complexity index is 486. The summed E-state index contributed by atoms with van der Waals surface area (Å²) in [5.74, 6) is -0.194. The van der Waals surface area contributed by atoms with Crippen LogP contribution in [0.3, 0.4) is 0 Å². The fraction of sp³-hybridized carbons (Fsp3) is 0.467. The van der Waals surface area contributed by atoms with Gasteiger partial charge in [0.25, 0.3) is 0 Å². The standard InChI is InChI=1S/C15H23N3O2/c1-5-16-14(19)9-18(4)10-15(20)17-13-8-11(2)6-7-12(13)3/h6-8H,5,9-10H2,1-4H3,(H,16,19)(H,17,20). The number of nitrogens with one attached hydrogen (secondary N) is 2. The van der Waals surface area contributed by atoms with Crippen LogP contribution in [0.25, 0.3) is 0 Å². The van der Waals surface area contributed by atoms with E-state index in [0.29, 0.717) is 6.54 Å². The molecule has 0 aliphatic carbocycles. The topological polar surface area (TPSA) is 61.4 Å². The molecule has 2 amide bonds. The van der Waals surface area contributed by atoms with Crippen LogP contribution in [0.4, 0.5) is 5.69 Å². The van der Waals surface area contributed by atoms with Crippen LogP contribution >= 0.6 is 0 Å². The number of hydrogen-bond acceptors (Lipinski definition) is 3. The molecule has 0 atom stereocenters. The van der Waals surface area contributed by atoms with E-state index in [1.807, 2.05) is 39.0 Å². The van der Waals surface area contributed by atoms with Gasteiger partial charge in [0, 0.05) is 12.2 Å². The molecule has 5 nitrogen and oxygen atoms in total. The number of benzene rings is 1. The number of aryl methyl sites for hydroxylation is 2. The van der Waals surface area contributed by atoms with Gasteiger partial charge < -0.3 is 10.6 Å². The van der Waals surface area contributed by atoms with Crippen molar-refractivity contribution in [3.63, 3.8) is 0 Å². The van der Waals surface area contributed by atoms with Crippen molar-refractivity contribution in [2.45, 2.75) is 20.8 Å². The number of carbonyl (C=O) groups excluding carboxylic acids is 2. The second-order valence-electron chi connectivity index (χ2n) is 4.99. The first-order chi connectivity index (χ1) is 9.42. The Morgan fingerprint density at radius 3 is 2.45 bits per heavy atom. The quantitative estimate of drug-likeness (QED) is 0.824. The van der Waals surface area contributed by atoms with E-state index in [4.69, 9.17) is 0 Å². The first-order valence-electron chi connectivity index (χ1n) is 6.74. The van der Waals surface area contributed by atoms with Crippen molar-refractivity contribution in [2.75, 3.05) is 32.0 Å². The fourth-order valence-corrected chi connectivity index (χ4v) is 1.86. The lowest BCUT2D eigenvalue weighted by molar-refractivity contribution is -0.122. The molecule has 0 aromatic heterocycles. The number of likely N-dealkylation sites (N-methyl/N-ethyl adjacent to an activating group) is 2. The number of anilines is 1. The number of hydrogen-bond donors (Lipinski definition) is 2. The van der Waals surface area contributed by atoms with Crippen molar-refractivity contribution in [3.8, 4) is 0 Å². The van der Waals surface area contributed by atoms with E-state index in [1.165, 1.54) is 0 Å². The van der Waals surface area contributed by atoms with E-state index in [1.54, 1.807) is 11.9 Å². The highest BCUT2D eigenvalue weighted by Gasteiger charge is 2.11. The monoisotopic (exact) mass is 277 g/mol. The Hall–Kier alpha value is -1.88. The molecule has 1 aromatic rings. The molecule has 0 fully saturated rings. The lowest BCUT2D eigenvalue weighted by Gasteiger charge is -2.16. The summed E-state index contributed by atoms with van der Waals surface area (Å²) in [7, 11) is 1.75. The van der Waals surface area contributed by atoms with Crippen LogP contribution in [0.15, 0.2) is 18.2 Å². The number of nitrogens with zero attached hydrogens (tertiary/aromatic N) is 1. The SMILES string of the molecule is CCNC(=O)CN(C)CC(=O)Nc1cc(C)ccc1C. The molecule has 0 saturated carbocycles. The summed E-state index contributed by atoms with van der Waals surface area (Å²) in [6.07, 6.45) is 0. The van der Waals surface area contributed by atoms with Gasteiger partial charge in [-0.1, -0.05) is 12.1 Å². The highest BCUT2D eigenvalue weighted by Crippen LogP contribution is 2.16. The molecule has 110 valence electrons. The third-order valence-corrected chi connectivity index (χ3v) is 2.87. The van der Waals surface area contributed by atoms with Crippen LogP contribution in [-0.4, -0.2) is 43.4 Å². The van der Waals surface area contributed by atoms with Crippen molar-refractivity contribution in [2.24, 2.45) is 0 Å². The summed E-state index contributed by atoms with van der Waals surface area (Å²) in [5.41, 5.74) is 2.94. The molecule has 1 rings (SSSR count). The maximum atomic E-state index is 11.9. The molecule has 0 radical (unpaired) electrons. The van der Waals surface area contributed by atoms with Gasteiger partial charge in [0.05, 0.1) is 13.1 Å². The highest BCUT2D eigenvalue weighted by atomic mass is 16.2. The molecule has 0 unspecified atom stereocenters. The molecule has 5 heteroatoms.